The Balaban J connectivity index is 2.25. The maximum Gasteiger partial charge on any atom is 0.115 e. The van der Waals surface area contributed by atoms with Gasteiger partial charge in [0.25, 0.3) is 0 Å². The van der Waals surface area contributed by atoms with E-state index in [0.29, 0.717) is 6.54 Å². The van der Waals surface area contributed by atoms with Gasteiger partial charge in [0.15, 0.2) is 0 Å². The van der Waals surface area contributed by atoms with E-state index in [9.17, 15) is 0 Å². The van der Waals surface area contributed by atoms with E-state index in [0.717, 1.165) is 23.5 Å². The van der Waals surface area contributed by atoms with Gasteiger partial charge in [-0.1, -0.05) is 0 Å². The number of phenols is 1. The number of benzene rings is 1. The molecule has 0 fully saturated rings. The number of phenolic OH excluding ortho intramolecular Hbond substituents is 1. The van der Waals surface area contributed by atoms with Crippen molar-refractivity contribution in [3.63, 3.8) is 0 Å². The molecule has 4 nitrogen and oxygen atoms in total. The summed E-state index contributed by atoms with van der Waals surface area (Å²) in [4.78, 5) is 7.38. The highest BCUT2D eigenvalue weighted by atomic mass is 16.3. The van der Waals surface area contributed by atoms with Crippen LogP contribution in [0.1, 0.15) is 5.82 Å². The van der Waals surface area contributed by atoms with Gasteiger partial charge < -0.3 is 15.8 Å². The van der Waals surface area contributed by atoms with Crippen LogP contribution in [0.4, 0.5) is 0 Å². The van der Waals surface area contributed by atoms with Gasteiger partial charge in [0.2, 0.25) is 0 Å². The highest BCUT2D eigenvalue weighted by Gasteiger charge is 2.02. The Morgan fingerprint density at radius 3 is 2.67 bits per heavy atom. The second kappa shape index (κ2) is 4.14. The summed E-state index contributed by atoms with van der Waals surface area (Å²) in [5, 5.41) is 9.15. The van der Waals surface area contributed by atoms with Crippen molar-refractivity contribution < 1.29 is 5.11 Å². The summed E-state index contributed by atoms with van der Waals surface area (Å²) in [6, 6.07) is 6.99. The normalized spacial score (nSPS) is 10.5. The van der Waals surface area contributed by atoms with Crippen molar-refractivity contribution in [2.75, 3.05) is 6.54 Å². The summed E-state index contributed by atoms with van der Waals surface area (Å²) in [6.45, 7) is 0.586. The van der Waals surface area contributed by atoms with Gasteiger partial charge in [-0.05, 0) is 36.4 Å². The van der Waals surface area contributed by atoms with E-state index >= 15 is 0 Å². The first-order chi connectivity index (χ1) is 7.29. The molecule has 0 atom stereocenters. The lowest BCUT2D eigenvalue weighted by Gasteiger charge is -1.97. The fourth-order valence-corrected chi connectivity index (χ4v) is 1.41. The van der Waals surface area contributed by atoms with Crippen LogP contribution in [0.5, 0.6) is 5.75 Å². The zero-order chi connectivity index (χ0) is 10.7. The smallest absolute Gasteiger partial charge is 0.115 e. The molecular formula is C11H13N3O. The van der Waals surface area contributed by atoms with Crippen molar-refractivity contribution >= 4 is 0 Å². The van der Waals surface area contributed by atoms with Crippen LogP contribution in [0.25, 0.3) is 11.3 Å². The molecule has 0 aliphatic rings. The van der Waals surface area contributed by atoms with Crippen LogP contribution >= 0.6 is 0 Å². The summed E-state index contributed by atoms with van der Waals surface area (Å²) in [7, 11) is 0. The van der Waals surface area contributed by atoms with Crippen LogP contribution in [0, 0.1) is 0 Å². The zero-order valence-corrected chi connectivity index (χ0v) is 8.27. The maximum atomic E-state index is 9.15. The van der Waals surface area contributed by atoms with E-state index in [1.807, 2.05) is 12.1 Å². The van der Waals surface area contributed by atoms with Crippen LogP contribution < -0.4 is 5.73 Å². The van der Waals surface area contributed by atoms with Crippen molar-refractivity contribution in [2.24, 2.45) is 5.73 Å². The third-order valence-corrected chi connectivity index (χ3v) is 2.19. The molecule has 1 aromatic heterocycles. The molecule has 0 unspecified atom stereocenters. The molecule has 0 aliphatic heterocycles. The molecule has 15 heavy (non-hydrogen) atoms. The third-order valence-electron chi connectivity index (χ3n) is 2.19. The van der Waals surface area contributed by atoms with Gasteiger partial charge in [-0.15, -0.1) is 0 Å². The monoisotopic (exact) mass is 203 g/mol. The van der Waals surface area contributed by atoms with Gasteiger partial charge in [-0.25, -0.2) is 4.98 Å². The number of nitrogens with zero attached hydrogens (tertiary/aromatic N) is 1. The molecule has 4 N–H and O–H groups in total. The molecule has 0 radical (unpaired) electrons. The Labute approximate surface area is 87.8 Å². The number of hydrogen-bond donors (Lipinski definition) is 3. The highest BCUT2D eigenvalue weighted by Crippen LogP contribution is 2.19. The van der Waals surface area contributed by atoms with Gasteiger partial charge in [0, 0.05) is 6.42 Å². The minimum atomic E-state index is 0.264. The largest absolute Gasteiger partial charge is 0.508 e. The van der Waals surface area contributed by atoms with Gasteiger partial charge in [-0.2, -0.15) is 0 Å². The summed E-state index contributed by atoms with van der Waals surface area (Å²) in [5.74, 6) is 1.15. The summed E-state index contributed by atoms with van der Waals surface area (Å²) < 4.78 is 0. The number of nitrogens with two attached hydrogens (primary N) is 1. The number of nitrogens with one attached hydrogen (secondary N) is 1. The first-order valence-corrected chi connectivity index (χ1v) is 4.83. The predicted molar refractivity (Wildman–Crippen MR) is 58.4 cm³/mol. The van der Waals surface area contributed by atoms with Crippen LogP contribution in [0.2, 0.25) is 0 Å². The molecule has 0 spiro atoms. The minimum absolute atomic E-state index is 0.264. The molecular weight excluding hydrogens is 190 g/mol. The number of imidazole rings is 1. The summed E-state index contributed by atoms with van der Waals surface area (Å²) in [5.41, 5.74) is 7.38. The van der Waals surface area contributed by atoms with Crippen molar-refractivity contribution in [2.45, 2.75) is 6.42 Å². The lowest BCUT2D eigenvalue weighted by molar-refractivity contribution is 0.475. The highest BCUT2D eigenvalue weighted by molar-refractivity contribution is 5.59. The molecule has 0 bridgehead atoms. The van der Waals surface area contributed by atoms with E-state index in [1.54, 1.807) is 18.3 Å². The number of hydrogen-bond acceptors (Lipinski definition) is 3. The van der Waals surface area contributed by atoms with Crippen molar-refractivity contribution in [1.82, 2.24) is 9.97 Å². The van der Waals surface area contributed by atoms with E-state index in [2.05, 4.69) is 9.97 Å². The molecule has 0 amide bonds. The quantitative estimate of drug-likeness (QED) is 0.703. The second-order valence-electron chi connectivity index (χ2n) is 3.33. The Kier molecular flexibility index (Phi) is 2.69. The molecule has 0 saturated carbocycles. The van der Waals surface area contributed by atoms with Gasteiger partial charge in [0.1, 0.15) is 11.6 Å². The lowest BCUT2D eigenvalue weighted by atomic mass is 10.2. The fraction of sp³-hybridized carbons (Fsp3) is 0.182. The van der Waals surface area contributed by atoms with E-state index in [-0.39, 0.29) is 5.75 Å². The number of aromatic amines is 1. The Morgan fingerprint density at radius 1 is 1.27 bits per heavy atom. The standard InChI is InChI=1S/C11H13N3O/c12-6-5-11-13-7-10(14-11)8-1-3-9(15)4-2-8/h1-4,7,15H,5-6,12H2,(H,13,14). The topological polar surface area (TPSA) is 74.9 Å². The zero-order valence-electron chi connectivity index (χ0n) is 8.27. The Bertz CT molecular complexity index is 433. The first kappa shape index (κ1) is 9.73. The van der Waals surface area contributed by atoms with E-state index in [1.165, 1.54) is 0 Å². The molecule has 2 rings (SSSR count). The van der Waals surface area contributed by atoms with Crippen LogP contribution in [-0.4, -0.2) is 21.6 Å². The summed E-state index contributed by atoms with van der Waals surface area (Å²) >= 11 is 0. The van der Waals surface area contributed by atoms with Crippen molar-refractivity contribution in [3.05, 3.63) is 36.3 Å². The number of aromatic nitrogens is 2. The molecule has 1 heterocycles. The molecule has 0 saturated heterocycles. The first-order valence-electron chi connectivity index (χ1n) is 4.83. The Morgan fingerprint density at radius 2 is 2.00 bits per heavy atom. The SMILES string of the molecule is NCCc1ncc(-c2ccc(O)cc2)[nH]1. The third kappa shape index (κ3) is 2.16. The molecule has 4 heteroatoms. The van der Waals surface area contributed by atoms with Gasteiger partial charge in [0.05, 0.1) is 11.9 Å². The average molecular weight is 203 g/mol. The van der Waals surface area contributed by atoms with Gasteiger partial charge >= 0.3 is 0 Å². The van der Waals surface area contributed by atoms with E-state index in [4.69, 9.17) is 10.8 Å². The van der Waals surface area contributed by atoms with Crippen molar-refractivity contribution in [1.29, 1.82) is 0 Å². The maximum absolute atomic E-state index is 9.15. The van der Waals surface area contributed by atoms with Crippen LogP contribution in [0.3, 0.4) is 0 Å². The van der Waals surface area contributed by atoms with Crippen LogP contribution in [-0.2, 0) is 6.42 Å². The van der Waals surface area contributed by atoms with Gasteiger partial charge in [-0.3, -0.25) is 0 Å². The number of H-pyrrole nitrogens is 1. The predicted octanol–water partition coefficient (Wildman–Crippen LogP) is 1.28. The Hall–Kier alpha value is -1.81. The molecule has 2 aromatic rings. The molecule has 0 aliphatic carbocycles. The summed E-state index contributed by atoms with van der Waals surface area (Å²) in [6.07, 6.45) is 2.52. The van der Waals surface area contributed by atoms with E-state index < -0.39 is 0 Å². The molecule has 1 aromatic carbocycles. The number of aromatic hydroxyl groups is 1. The van der Waals surface area contributed by atoms with Crippen LogP contribution in [0.15, 0.2) is 30.5 Å². The average Bonchev–Trinajstić information content (AvgIpc) is 2.68. The minimum Gasteiger partial charge on any atom is -0.508 e. The molecule has 78 valence electrons. The fourth-order valence-electron chi connectivity index (χ4n) is 1.41. The van der Waals surface area contributed by atoms with Crippen molar-refractivity contribution in [3.8, 4) is 17.0 Å². The second-order valence-corrected chi connectivity index (χ2v) is 3.33. The lowest BCUT2D eigenvalue weighted by Crippen LogP contribution is -2.03. The number of rotatable bonds is 3.